The molecule has 1 saturated heterocycles. The number of hydrogen-bond donors (Lipinski definition) is 2. The predicted octanol–water partition coefficient (Wildman–Crippen LogP) is -0.958. The lowest BCUT2D eigenvalue weighted by Gasteiger charge is -2.30. The van der Waals surface area contributed by atoms with Crippen LogP contribution in [0, 0.1) is 0 Å². The lowest BCUT2D eigenvalue weighted by atomic mass is 10.1. The third kappa shape index (κ3) is 3.22. The van der Waals surface area contributed by atoms with Crippen molar-refractivity contribution in [1.82, 2.24) is 14.5 Å². The molecule has 0 amide bonds. The lowest BCUT2D eigenvalue weighted by Crippen LogP contribution is -2.45. The van der Waals surface area contributed by atoms with Crippen molar-refractivity contribution >= 4 is 11.6 Å². The van der Waals surface area contributed by atoms with Crippen molar-refractivity contribution in [2.24, 2.45) is 0 Å². The Kier molecular flexibility index (Phi) is 4.59. The maximum absolute atomic E-state index is 12.3. The Morgan fingerprint density at radius 2 is 2.19 bits per heavy atom. The fourth-order valence-electron chi connectivity index (χ4n) is 2.49. The number of aromatic nitrogens is 2. The van der Waals surface area contributed by atoms with Crippen molar-refractivity contribution in [1.29, 1.82) is 0 Å². The van der Waals surface area contributed by atoms with Gasteiger partial charge < -0.3 is 10.5 Å². The van der Waals surface area contributed by atoms with Crippen LogP contribution in [0.15, 0.2) is 9.59 Å². The number of hydrogen-bond acceptors (Lipinski definition) is 6. The van der Waals surface area contributed by atoms with Crippen molar-refractivity contribution in [2.45, 2.75) is 26.5 Å². The largest absolute Gasteiger partial charge is 0.384 e. The highest BCUT2D eigenvalue weighted by atomic mass is 16.5. The van der Waals surface area contributed by atoms with Gasteiger partial charge in [-0.1, -0.05) is 0 Å². The van der Waals surface area contributed by atoms with Crippen LogP contribution in [0.4, 0.5) is 5.82 Å². The van der Waals surface area contributed by atoms with Crippen molar-refractivity contribution in [3.8, 4) is 0 Å². The third-order valence-electron chi connectivity index (χ3n) is 3.53. The van der Waals surface area contributed by atoms with Gasteiger partial charge in [-0.25, -0.2) is 4.79 Å². The number of nitrogens with zero attached hydrogens (tertiary/aromatic N) is 2. The van der Waals surface area contributed by atoms with E-state index in [9.17, 15) is 14.4 Å². The molecule has 8 heteroatoms. The second-order valence-corrected chi connectivity index (χ2v) is 5.10. The molecule has 2 rings (SSSR count). The van der Waals surface area contributed by atoms with Gasteiger partial charge in [-0.2, -0.15) is 0 Å². The first-order chi connectivity index (χ1) is 9.93. The Morgan fingerprint density at radius 3 is 2.81 bits per heavy atom. The molecule has 1 atom stereocenters. The Hall–Kier alpha value is -1.93. The average molecular weight is 296 g/mol. The first-order valence-corrected chi connectivity index (χ1v) is 6.93. The molecule has 2 heterocycles. The molecule has 0 aliphatic carbocycles. The summed E-state index contributed by atoms with van der Waals surface area (Å²) in [5.74, 6) is -0.456. The number of morpholine rings is 1. The van der Waals surface area contributed by atoms with Crippen LogP contribution < -0.4 is 17.0 Å². The highest BCUT2D eigenvalue weighted by molar-refractivity contribution is 6.01. The van der Waals surface area contributed by atoms with E-state index in [2.05, 4.69) is 4.98 Å². The summed E-state index contributed by atoms with van der Waals surface area (Å²) in [6, 6.07) is 0. The lowest BCUT2D eigenvalue weighted by molar-refractivity contribution is -0.0158. The van der Waals surface area contributed by atoms with E-state index in [1.54, 1.807) is 6.92 Å². The molecule has 1 aromatic heterocycles. The summed E-state index contributed by atoms with van der Waals surface area (Å²) in [5, 5.41) is 0. The quantitative estimate of drug-likeness (QED) is 0.693. The molecule has 0 spiro atoms. The molecule has 1 aromatic rings. The smallest absolute Gasteiger partial charge is 0.329 e. The number of nitrogens with one attached hydrogen (secondary N) is 1. The number of ether oxygens (including phenoxy) is 1. The number of Topliss-reactive ketones (excluding diaryl/α,β-unsaturated/α-hetero) is 1. The zero-order chi connectivity index (χ0) is 15.6. The molecular formula is C13H20N4O4. The zero-order valence-corrected chi connectivity index (χ0v) is 12.2. The van der Waals surface area contributed by atoms with Gasteiger partial charge in [0, 0.05) is 19.6 Å². The van der Waals surface area contributed by atoms with Gasteiger partial charge in [0.1, 0.15) is 11.4 Å². The van der Waals surface area contributed by atoms with E-state index >= 15 is 0 Å². The highest BCUT2D eigenvalue weighted by Gasteiger charge is 2.23. The zero-order valence-electron chi connectivity index (χ0n) is 12.2. The van der Waals surface area contributed by atoms with E-state index in [0.29, 0.717) is 19.7 Å². The van der Waals surface area contributed by atoms with Crippen LogP contribution in [0.3, 0.4) is 0 Å². The Morgan fingerprint density at radius 1 is 1.48 bits per heavy atom. The average Bonchev–Trinajstić information content (AvgIpc) is 2.38. The summed E-state index contributed by atoms with van der Waals surface area (Å²) in [4.78, 5) is 39.8. The number of ketones is 1. The fourth-order valence-corrected chi connectivity index (χ4v) is 2.49. The second-order valence-electron chi connectivity index (χ2n) is 5.10. The molecule has 0 saturated carbocycles. The van der Waals surface area contributed by atoms with Crippen LogP contribution in [0.25, 0.3) is 0 Å². The maximum atomic E-state index is 12.3. The molecule has 3 N–H and O–H groups in total. The van der Waals surface area contributed by atoms with E-state index in [1.165, 1.54) is 4.57 Å². The Labute approximate surface area is 121 Å². The summed E-state index contributed by atoms with van der Waals surface area (Å²) < 4.78 is 6.58. The predicted molar refractivity (Wildman–Crippen MR) is 77.6 cm³/mol. The van der Waals surface area contributed by atoms with Gasteiger partial charge in [0.15, 0.2) is 5.78 Å². The van der Waals surface area contributed by atoms with Crippen molar-refractivity contribution < 1.29 is 9.53 Å². The van der Waals surface area contributed by atoms with E-state index in [4.69, 9.17) is 10.5 Å². The summed E-state index contributed by atoms with van der Waals surface area (Å²) in [6.07, 6.45) is 0.0479. The van der Waals surface area contributed by atoms with Crippen LogP contribution >= 0.6 is 0 Å². The van der Waals surface area contributed by atoms with Crippen molar-refractivity contribution in [3.63, 3.8) is 0 Å². The maximum Gasteiger partial charge on any atom is 0.329 e. The molecule has 0 radical (unpaired) electrons. The van der Waals surface area contributed by atoms with Gasteiger partial charge in [0.25, 0.3) is 5.56 Å². The van der Waals surface area contributed by atoms with Gasteiger partial charge in [-0.05, 0) is 13.8 Å². The normalized spacial score (nSPS) is 19.6. The molecule has 116 valence electrons. The molecule has 8 nitrogen and oxygen atoms in total. The molecule has 1 aliphatic rings. The van der Waals surface area contributed by atoms with Gasteiger partial charge in [0.05, 0.1) is 19.3 Å². The number of carbonyl (C=O) groups is 1. The summed E-state index contributed by atoms with van der Waals surface area (Å²) in [5.41, 5.74) is 4.34. The molecule has 21 heavy (non-hydrogen) atoms. The molecule has 0 unspecified atom stereocenters. The standard InChI is InChI=1S/C13H20N4O4/c1-3-17-11(14)10(12(19)15-13(17)20)9(18)7-16-4-5-21-8(2)6-16/h8H,3-7,14H2,1-2H3,(H,15,19,20)/t8-/m1/s1. The topological polar surface area (TPSA) is 110 Å². The minimum atomic E-state index is -0.728. The van der Waals surface area contributed by atoms with Crippen LogP contribution in [0.1, 0.15) is 24.2 Å². The summed E-state index contributed by atoms with van der Waals surface area (Å²) in [6.45, 7) is 5.81. The SMILES string of the molecule is CCn1c(N)c(C(=O)CN2CCO[C@H](C)C2)c(=O)[nH]c1=O. The van der Waals surface area contributed by atoms with Crippen LogP contribution in [-0.4, -0.2) is 52.6 Å². The molecule has 1 aliphatic heterocycles. The van der Waals surface area contributed by atoms with Crippen LogP contribution in [-0.2, 0) is 11.3 Å². The minimum absolute atomic E-state index is 0.0479. The number of nitrogen functional groups attached to an aromatic ring is 1. The first-order valence-electron chi connectivity index (χ1n) is 6.93. The number of anilines is 1. The van der Waals surface area contributed by atoms with Crippen LogP contribution in [0.5, 0.6) is 0 Å². The number of nitrogens with two attached hydrogens (primary N) is 1. The van der Waals surface area contributed by atoms with Gasteiger partial charge in [-0.15, -0.1) is 0 Å². The molecule has 0 aromatic carbocycles. The number of H-pyrrole nitrogens is 1. The summed E-state index contributed by atoms with van der Waals surface area (Å²) >= 11 is 0. The second kappa shape index (κ2) is 6.23. The first kappa shape index (κ1) is 15.5. The minimum Gasteiger partial charge on any atom is -0.384 e. The summed E-state index contributed by atoms with van der Waals surface area (Å²) in [7, 11) is 0. The monoisotopic (exact) mass is 296 g/mol. The fraction of sp³-hybridized carbons (Fsp3) is 0.615. The number of rotatable bonds is 4. The number of aromatic amines is 1. The molecule has 0 bridgehead atoms. The van der Waals surface area contributed by atoms with Gasteiger partial charge >= 0.3 is 5.69 Å². The highest BCUT2D eigenvalue weighted by Crippen LogP contribution is 2.09. The molecule has 1 fully saturated rings. The number of carbonyl (C=O) groups excluding carboxylic acids is 1. The van der Waals surface area contributed by atoms with E-state index in [1.807, 2.05) is 11.8 Å². The van der Waals surface area contributed by atoms with Gasteiger partial charge in [0.2, 0.25) is 0 Å². The van der Waals surface area contributed by atoms with E-state index in [0.717, 1.165) is 0 Å². The van der Waals surface area contributed by atoms with E-state index < -0.39 is 11.2 Å². The van der Waals surface area contributed by atoms with Gasteiger partial charge in [-0.3, -0.25) is 24.0 Å². The Bertz CT molecular complexity index is 649. The third-order valence-corrected chi connectivity index (χ3v) is 3.53. The van der Waals surface area contributed by atoms with E-state index in [-0.39, 0.29) is 36.4 Å². The van der Waals surface area contributed by atoms with Crippen LogP contribution in [0.2, 0.25) is 0 Å². The van der Waals surface area contributed by atoms with Crippen molar-refractivity contribution in [3.05, 3.63) is 26.4 Å². The molecular weight excluding hydrogens is 276 g/mol. The Balaban J connectivity index is 2.27. The van der Waals surface area contributed by atoms with Crippen molar-refractivity contribution in [2.75, 3.05) is 32.0 Å².